The van der Waals surface area contributed by atoms with Crippen LogP contribution in [-0.4, -0.2) is 271 Å². The first kappa shape index (κ1) is 79.5. The zero-order valence-electron chi connectivity index (χ0n) is 52.2. The Hall–Kier alpha value is -11.8. The van der Waals surface area contributed by atoms with Gasteiger partial charge in [0.05, 0.1) is 97.9 Å². The van der Waals surface area contributed by atoms with E-state index < -0.39 is 222 Å². The van der Waals surface area contributed by atoms with E-state index in [1.165, 1.54) is 12.5 Å². The molecule has 0 unspecified atom stereocenters. The monoisotopic (exact) mass is 1370 g/mol. The highest BCUT2D eigenvalue weighted by molar-refractivity contribution is 5.98. The van der Waals surface area contributed by atoms with Gasteiger partial charge in [-0.15, -0.1) is 20.4 Å². The SMILES string of the molecule is Cc1nnc(-c2ccc(CC(=O)NCC(=O)NCC(=O)N[C@@H](CO)C(=O)NCC(=O)NCC(=O)NCC(=O)N[C@@H](CO)C(=O)NCC(=O)NCC(=O)NCC(=O)N[C@@H](CO)C(=O)N[C@@H](CC(=O)O)C(=O)NCC(=O)N[C@@H](CC(C)C)C(=O)N[C@@H](Cc3cnc[nH]3)C(=O)O)cc2)nn1. The summed E-state index contributed by atoms with van der Waals surface area (Å²) < 4.78 is 0. The Morgan fingerprint density at radius 2 is 0.784 bits per heavy atom. The number of amides is 15. The second-order valence-corrected chi connectivity index (χ2v) is 21.0. The van der Waals surface area contributed by atoms with E-state index in [9.17, 15) is 107 Å². The number of H-pyrrole nitrogens is 1. The molecule has 0 bridgehead atoms. The summed E-state index contributed by atoms with van der Waals surface area (Å²) >= 11 is 0. The first-order chi connectivity index (χ1) is 46.0. The van der Waals surface area contributed by atoms with Gasteiger partial charge in [0.25, 0.3) is 0 Å². The van der Waals surface area contributed by atoms with Gasteiger partial charge in [0.15, 0.2) is 5.82 Å². The lowest BCUT2D eigenvalue weighted by Gasteiger charge is -2.23. The fraction of sp³-hybridized carbons (Fsp3) is 0.481. The summed E-state index contributed by atoms with van der Waals surface area (Å²) in [6.45, 7) is -4.92. The molecule has 2 heterocycles. The van der Waals surface area contributed by atoms with Gasteiger partial charge in [0.2, 0.25) is 94.4 Å². The normalized spacial score (nSPS) is 12.5. The van der Waals surface area contributed by atoms with Crippen molar-refractivity contribution in [2.45, 2.75) is 82.7 Å². The number of rotatable bonds is 42. The Bertz CT molecular complexity index is 3280. The van der Waals surface area contributed by atoms with Crippen molar-refractivity contribution < 1.29 is 107 Å². The zero-order chi connectivity index (χ0) is 72.1. The van der Waals surface area contributed by atoms with E-state index in [4.69, 9.17) is 0 Å². The van der Waals surface area contributed by atoms with E-state index >= 15 is 0 Å². The number of nitrogens with one attached hydrogen (secondary N) is 16. The Kier molecular flexibility index (Phi) is 34.2. The molecule has 528 valence electrons. The lowest BCUT2D eigenvalue weighted by atomic mass is 10.0. The third-order valence-corrected chi connectivity index (χ3v) is 12.6. The predicted molar refractivity (Wildman–Crippen MR) is 323 cm³/mol. The molecule has 2 aromatic heterocycles. The van der Waals surface area contributed by atoms with E-state index in [2.05, 4.69) is 99.5 Å². The molecule has 1 aromatic carbocycles. The third kappa shape index (κ3) is 31.6. The van der Waals surface area contributed by atoms with Gasteiger partial charge < -0.3 is 110 Å². The van der Waals surface area contributed by atoms with Crippen molar-refractivity contribution in [3.05, 3.63) is 53.9 Å². The predicted octanol–water partition coefficient (Wildman–Crippen LogP) is -12.7. The Morgan fingerprint density at radius 1 is 0.423 bits per heavy atom. The second kappa shape index (κ2) is 41.7. The average Bonchev–Trinajstić information content (AvgIpc) is 1.13. The van der Waals surface area contributed by atoms with Gasteiger partial charge in [-0.25, -0.2) is 9.78 Å². The number of aromatic nitrogens is 6. The Labute approximate surface area is 548 Å². The van der Waals surface area contributed by atoms with Crippen molar-refractivity contribution in [3.8, 4) is 11.4 Å². The van der Waals surface area contributed by atoms with Gasteiger partial charge >= 0.3 is 11.9 Å². The van der Waals surface area contributed by atoms with E-state index in [-0.39, 0.29) is 31.0 Å². The molecule has 6 atom stereocenters. The number of nitrogens with zero attached hydrogens (tertiary/aromatic N) is 5. The summed E-state index contributed by atoms with van der Waals surface area (Å²) in [7, 11) is 0. The average molecular weight is 1370 g/mol. The number of aliphatic carboxylic acids is 2. The molecule has 0 aliphatic carbocycles. The molecule has 0 aliphatic heterocycles. The standard InChI is InChI=1S/C54H75N21O22/c1-26(2)8-31(52(94)71-33(54(96)97)10-30-12-55-25-65-30)66-46(88)21-64-49(91)32(11-47(89)90)70-53(95)36(24-78)69-45(87)20-61-40(82)15-58-42(84)17-63-51(93)35(23-77)68-44(86)19-60-39(81)14-57-41(83)16-62-50(92)34(22-76)67-43(85)18-59-38(80)13-56-37(79)9-28-4-6-29(7-5-28)48-74-72-27(3)73-75-48/h4-7,12,25-26,31-36,76-78H,8-11,13-24H2,1-3H3,(H,55,65)(H,56,79)(H,57,83)(H,58,84)(H,59,80)(H,60,81)(H,61,82)(H,62,92)(H,63,93)(H,64,91)(H,66,88)(H,67,85)(H,68,86)(H,69,87)(H,70,95)(H,71,94)(H,89,90)(H,96,97)/t31-,32-,33-,34-,35-,36-/m0/s1. The van der Waals surface area contributed by atoms with Crippen molar-refractivity contribution in [1.82, 2.24) is 110 Å². The van der Waals surface area contributed by atoms with Crippen LogP contribution in [0.5, 0.6) is 0 Å². The van der Waals surface area contributed by atoms with Crippen LogP contribution in [0.3, 0.4) is 0 Å². The molecule has 0 aliphatic rings. The molecular weight excluding hydrogens is 1290 g/mol. The lowest BCUT2D eigenvalue weighted by Crippen LogP contribution is -2.57. The largest absolute Gasteiger partial charge is 0.481 e. The smallest absolute Gasteiger partial charge is 0.326 e. The minimum absolute atomic E-state index is 0.0219. The number of imidazole rings is 1. The van der Waals surface area contributed by atoms with E-state index in [1.807, 2.05) is 10.6 Å². The molecule has 3 aromatic rings. The molecule has 0 saturated carbocycles. The molecule has 3 rings (SSSR count). The summed E-state index contributed by atoms with van der Waals surface area (Å²) in [4.78, 5) is 218. The van der Waals surface area contributed by atoms with E-state index in [1.54, 1.807) is 45.0 Å². The summed E-state index contributed by atoms with van der Waals surface area (Å²) in [5.74, 6) is -17.3. The minimum atomic E-state index is -1.91. The maximum absolute atomic E-state index is 13.1. The maximum Gasteiger partial charge on any atom is 0.326 e. The minimum Gasteiger partial charge on any atom is -0.481 e. The number of aryl methyl sites for hydroxylation is 1. The molecule has 0 fully saturated rings. The zero-order valence-corrected chi connectivity index (χ0v) is 52.2. The van der Waals surface area contributed by atoms with Crippen LogP contribution in [0.4, 0.5) is 0 Å². The van der Waals surface area contributed by atoms with Crippen LogP contribution in [0, 0.1) is 12.8 Å². The molecular formula is C54H75N21O22. The van der Waals surface area contributed by atoms with Gasteiger partial charge in [-0.2, -0.15) is 0 Å². The van der Waals surface area contributed by atoms with E-state index in [0.717, 1.165) is 0 Å². The summed E-state index contributed by atoms with van der Waals surface area (Å²) in [6.07, 6.45) is 1.35. The Morgan fingerprint density at radius 3 is 1.18 bits per heavy atom. The van der Waals surface area contributed by atoms with E-state index in [0.29, 0.717) is 22.6 Å². The number of carbonyl (C=O) groups is 17. The number of benzene rings is 1. The molecule has 43 heteroatoms. The molecule has 0 spiro atoms. The fourth-order valence-electron chi connectivity index (χ4n) is 7.68. The molecule has 43 nitrogen and oxygen atoms in total. The van der Waals surface area contributed by atoms with Crippen LogP contribution in [0.2, 0.25) is 0 Å². The summed E-state index contributed by atoms with van der Waals surface area (Å²) in [5, 5.41) is 96.0. The van der Waals surface area contributed by atoms with Crippen LogP contribution in [0.1, 0.15) is 43.8 Å². The van der Waals surface area contributed by atoms with Crippen molar-refractivity contribution >= 4 is 101 Å². The number of carboxylic acids is 2. The van der Waals surface area contributed by atoms with Crippen molar-refractivity contribution in [1.29, 1.82) is 0 Å². The Balaban J connectivity index is 1.30. The molecule has 21 N–H and O–H groups in total. The van der Waals surface area contributed by atoms with Crippen LogP contribution >= 0.6 is 0 Å². The van der Waals surface area contributed by atoms with Crippen LogP contribution < -0.4 is 79.8 Å². The van der Waals surface area contributed by atoms with Crippen molar-refractivity contribution in [2.75, 3.05) is 78.7 Å². The highest BCUT2D eigenvalue weighted by atomic mass is 16.4. The number of aliphatic hydroxyl groups is 3. The summed E-state index contributed by atoms with van der Waals surface area (Å²) in [5.41, 5.74) is 1.60. The number of hydrogen-bond donors (Lipinski definition) is 21. The topological polar surface area (TPSA) is 652 Å². The first-order valence-corrected chi connectivity index (χ1v) is 29.1. The van der Waals surface area contributed by atoms with Gasteiger partial charge in [-0.05, 0) is 24.8 Å². The van der Waals surface area contributed by atoms with Crippen molar-refractivity contribution in [2.24, 2.45) is 5.92 Å². The fourth-order valence-corrected chi connectivity index (χ4v) is 7.68. The number of hydrogen-bond acceptors (Lipinski definition) is 25. The van der Waals surface area contributed by atoms with Crippen molar-refractivity contribution in [3.63, 3.8) is 0 Å². The molecule has 0 saturated heterocycles. The lowest BCUT2D eigenvalue weighted by molar-refractivity contribution is -0.142. The van der Waals surface area contributed by atoms with Crippen LogP contribution in [0.15, 0.2) is 36.8 Å². The van der Waals surface area contributed by atoms with Gasteiger partial charge in [-0.1, -0.05) is 38.1 Å². The molecule has 15 amide bonds. The number of aliphatic hydroxyl groups excluding tert-OH is 3. The van der Waals surface area contributed by atoms with Gasteiger partial charge in [0.1, 0.15) is 36.3 Å². The number of aromatic amines is 1. The number of carbonyl (C=O) groups excluding carboxylic acids is 15. The molecule has 97 heavy (non-hydrogen) atoms. The van der Waals surface area contributed by atoms with Gasteiger partial charge in [-0.3, -0.25) is 76.7 Å². The highest BCUT2D eigenvalue weighted by Crippen LogP contribution is 2.14. The van der Waals surface area contributed by atoms with Crippen LogP contribution in [0.25, 0.3) is 11.4 Å². The maximum atomic E-state index is 13.1. The quantitative estimate of drug-likeness (QED) is 0.0250. The van der Waals surface area contributed by atoms with Gasteiger partial charge in [0, 0.05) is 23.9 Å². The number of carboxylic acid groups (broad SMARTS) is 2. The highest BCUT2D eigenvalue weighted by Gasteiger charge is 2.32. The van der Waals surface area contributed by atoms with Crippen LogP contribution in [-0.2, 0) is 94.3 Å². The summed E-state index contributed by atoms with van der Waals surface area (Å²) in [6, 6.07) is -3.13. The first-order valence-electron chi connectivity index (χ1n) is 29.1. The third-order valence-electron chi connectivity index (χ3n) is 12.6. The second-order valence-electron chi connectivity index (χ2n) is 21.0. The molecule has 0 radical (unpaired) electrons.